The van der Waals surface area contributed by atoms with Crippen molar-refractivity contribution in [2.24, 2.45) is 0 Å². The first-order valence-corrected chi connectivity index (χ1v) is 15.2. The van der Waals surface area contributed by atoms with E-state index in [0.29, 0.717) is 0 Å². The van der Waals surface area contributed by atoms with Crippen molar-refractivity contribution in [1.82, 2.24) is 0 Å². The smallest absolute Gasteiger partial charge is 0.0619 e. The Morgan fingerprint density at radius 2 is 0.528 bits per heavy atom. The summed E-state index contributed by atoms with van der Waals surface area (Å²) in [7, 11) is 0. The SMILES string of the molecule is F.F.F.F.[O]=[Sb][O-].[O]=[Sb][O-].c1ccc([SH+]c2ccccc2)cc1.c1ccc([SH+]c2ccccc2)cc1. The van der Waals surface area contributed by atoms with E-state index in [1.165, 1.54) is 43.1 Å². The Hall–Kier alpha value is -1.54. The minimum absolute atomic E-state index is 0. The summed E-state index contributed by atoms with van der Waals surface area (Å²) in [6, 6.07) is 42.0. The summed E-state index contributed by atoms with van der Waals surface area (Å²) in [5.74, 6) is 0. The topological polar surface area (TPSA) is 80.3 Å². The molecule has 4 rings (SSSR count). The number of benzene rings is 4. The van der Waals surface area contributed by atoms with Crippen LogP contribution in [0.5, 0.6) is 0 Å². The van der Waals surface area contributed by atoms with E-state index in [9.17, 15) is 0 Å². The third-order valence-corrected chi connectivity index (χ3v) is 5.77. The first-order chi connectivity index (χ1) is 15.7. The average molecular weight is 762 g/mol. The second kappa shape index (κ2) is 29.7. The number of hydrogen-bond acceptors (Lipinski definition) is 4. The molecular weight excluding hydrogens is 736 g/mol. The molecule has 0 fully saturated rings. The van der Waals surface area contributed by atoms with Gasteiger partial charge in [0.25, 0.3) is 0 Å². The van der Waals surface area contributed by atoms with Crippen LogP contribution < -0.4 is 6.77 Å². The summed E-state index contributed by atoms with van der Waals surface area (Å²) in [5.41, 5.74) is 0. The van der Waals surface area contributed by atoms with Gasteiger partial charge in [-0.25, -0.2) is 0 Å². The molecule has 12 heteroatoms. The molecule has 0 bridgehead atoms. The summed E-state index contributed by atoms with van der Waals surface area (Å²) in [4.78, 5) is 5.37. The minimum atomic E-state index is -2.15. The van der Waals surface area contributed by atoms with Crippen molar-refractivity contribution in [3.8, 4) is 0 Å². The Morgan fingerprint density at radius 3 is 0.667 bits per heavy atom. The molecule has 0 aliphatic heterocycles. The normalized spacial score (nSPS) is 7.83. The van der Waals surface area contributed by atoms with Crippen LogP contribution in [-0.2, 0) is 29.6 Å². The molecule has 196 valence electrons. The zero-order chi connectivity index (χ0) is 23.3. The molecule has 0 aliphatic carbocycles. The molecule has 4 aromatic carbocycles. The van der Waals surface area contributed by atoms with Crippen LogP contribution in [0.1, 0.15) is 0 Å². The molecule has 0 spiro atoms. The van der Waals surface area contributed by atoms with Gasteiger partial charge in [-0.2, -0.15) is 0 Å². The average Bonchev–Trinajstić information content (AvgIpc) is 2.83. The molecule has 36 heavy (non-hydrogen) atoms. The van der Waals surface area contributed by atoms with Gasteiger partial charge in [0, 0.05) is 23.5 Å². The fraction of sp³-hybridized carbons (Fsp3) is 0. The van der Waals surface area contributed by atoms with Gasteiger partial charge >= 0.3 is 56.9 Å². The Morgan fingerprint density at radius 1 is 0.389 bits per heavy atom. The molecule has 0 N–H and O–H groups in total. The molecular formula is C24H26F4O4S2Sb2. The van der Waals surface area contributed by atoms with Crippen molar-refractivity contribution in [3.63, 3.8) is 0 Å². The number of rotatable bonds is 4. The van der Waals surface area contributed by atoms with Crippen molar-refractivity contribution in [2.45, 2.75) is 19.6 Å². The van der Waals surface area contributed by atoms with Gasteiger partial charge in [0.1, 0.15) is 0 Å². The van der Waals surface area contributed by atoms with Crippen LogP contribution in [0.25, 0.3) is 0 Å². The minimum Gasteiger partial charge on any atom is -0.0619 e. The van der Waals surface area contributed by atoms with E-state index >= 15 is 0 Å². The molecule has 0 amide bonds. The van der Waals surface area contributed by atoms with Crippen LogP contribution in [0.2, 0.25) is 0 Å². The maximum Gasteiger partial charge on any atom is 0.158 e. The van der Waals surface area contributed by atoms with Crippen molar-refractivity contribution in [3.05, 3.63) is 121 Å². The van der Waals surface area contributed by atoms with E-state index < -0.39 is 44.1 Å². The molecule has 0 heterocycles. The second-order valence-electron chi connectivity index (χ2n) is 5.71. The fourth-order valence-electron chi connectivity index (χ4n) is 2.31. The molecule has 0 saturated carbocycles. The van der Waals surface area contributed by atoms with Gasteiger partial charge in [0.2, 0.25) is 0 Å². The monoisotopic (exact) mass is 760 g/mol. The van der Waals surface area contributed by atoms with E-state index in [0.717, 1.165) is 0 Å². The maximum absolute atomic E-state index is 8.52. The zero-order valence-electron chi connectivity index (χ0n) is 18.6. The van der Waals surface area contributed by atoms with Crippen molar-refractivity contribution in [2.75, 3.05) is 0 Å². The summed E-state index contributed by atoms with van der Waals surface area (Å²) < 4.78 is 34.1. The van der Waals surface area contributed by atoms with E-state index in [2.05, 4.69) is 97.1 Å². The second-order valence-corrected chi connectivity index (χ2v) is 9.08. The predicted molar refractivity (Wildman–Crippen MR) is 139 cm³/mol. The Balaban J connectivity index is -0.000000214. The molecule has 4 nitrogen and oxygen atoms in total. The summed E-state index contributed by atoms with van der Waals surface area (Å²) in [6.07, 6.45) is 0. The molecule has 0 unspecified atom stereocenters. The van der Waals surface area contributed by atoms with Gasteiger partial charge in [0.15, 0.2) is 19.6 Å². The van der Waals surface area contributed by atoms with Gasteiger partial charge in [-0.15, -0.1) is 0 Å². The van der Waals surface area contributed by atoms with E-state index in [1.807, 2.05) is 24.3 Å². The maximum atomic E-state index is 8.52. The molecule has 4 aromatic rings. The third-order valence-electron chi connectivity index (χ3n) is 3.54. The first-order valence-electron chi connectivity index (χ1n) is 9.27. The van der Waals surface area contributed by atoms with Gasteiger partial charge in [-0.05, 0) is 48.5 Å². The standard InChI is InChI=1S/2C12H10S.4FH.4O.2Sb/c2*1-3-7-11(8-4-1)13-12-9-5-2-6-10-12;;;;;;;;;;/h2*1-10H;4*1H;;;;;;/q;;;;;;;;2*-1;;/p+2. The fourth-order valence-corrected chi connectivity index (χ4v) is 4.19. The summed E-state index contributed by atoms with van der Waals surface area (Å²) in [5, 5.41) is 0. The number of thiol groups is 2. The van der Waals surface area contributed by atoms with Gasteiger partial charge in [0.05, 0.1) is 0 Å². The van der Waals surface area contributed by atoms with Crippen LogP contribution >= 0.6 is 0 Å². The van der Waals surface area contributed by atoms with Crippen LogP contribution in [0.3, 0.4) is 0 Å². The van der Waals surface area contributed by atoms with Crippen molar-refractivity contribution < 1.29 is 31.6 Å². The van der Waals surface area contributed by atoms with E-state index in [1.54, 1.807) is 0 Å². The molecule has 0 aliphatic rings. The number of halogens is 4. The third kappa shape index (κ3) is 21.7. The molecule has 0 radical (unpaired) electrons. The van der Waals surface area contributed by atoms with Gasteiger partial charge < -0.3 is 0 Å². The predicted octanol–water partition coefficient (Wildman–Crippen LogP) is 3.07. The van der Waals surface area contributed by atoms with Crippen LogP contribution in [0.15, 0.2) is 141 Å². The van der Waals surface area contributed by atoms with Crippen LogP contribution in [-0.4, -0.2) is 44.1 Å². The number of hydrogen-bond donors (Lipinski definition) is 0. The van der Waals surface area contributed by atoms with Crippen molar-refractivity contribution >= 4 is 67.6 Å². The van der Waals surface area contributed by atoms with Crippen LogP contribution in [0.4, 0.5) is 18.8 Å². The largest absolute Gasteiger partial charge is 0.158 e. The Kier molecular flexibility index (Phi) is 34.3. The van der Waals surface area contributed by atoms with E-state index in [-0.39, 0.29) is 18.8 Å². The van der Waals surface area contributed by atoms with Gasteiger partial charge in [-0.1, -0.05) is 72.8 Å². The molecule has 0 saturated heterocycles. The summed E-state index contributed by atoms with van der Waals surface area (Å²) in [6.45, 7) is 0. The van der Waals surface area contributed by atoms with Crippen molar-refractivity contribution in [1.29, 1.82) is 0 Å². The zero-order valence-corrected chi connectivity index (χ0v) is 25.5. The summed E-state index contributed by atoms with van der Waals surface area (Å²) >= 11 is -1.74. The van der Waals surface area contributed by atoms with E-state index in [4.69, 9.17) is 12.8 Å². The first kappa shape index (κ1) is 41.6. The quantitative estimate of drug-likeness (QED) is 0.139. The van der Waals surface area contributed by atoms with Gasteiger partial charge in [-0.3, -0.25) is 18.8 Å². The van der Waals surface area contributed by atoms with Crippen LogP contribution in [0, 0.1) is 0 Å². The molecule has 0 aromatic heterocycles. The Bertz CT molecular complexity index is 838. The Labute approximate surface area is 238 Å². The molecule has 0 atom stereocenters.